The molecule has 0 heterocycles. The Hall–Kier alpha value is -2.22. The Bertz CT molecular complexity index is 1710. The zero-order valence-electron chi connectivity index (χ0n) is 33.0. The zero-order valence-corrected chi connectivity index (χ0v) is 41.6. The molecule has 2 aromatic rings. The van der Waals surface area contributed by atoms with Crippen LogP contribution in [0, 0.1) is 28.1 Å². The number of carbonyl (C=O) groups excluding carboxylic acids is 6. The van der Waals surface area contributed by atoms with E-state index < -0.39 is 126 Å². The molecule has 6 amide bonds. The first kappa shape index (κ1) is 55.9. The Morgan fingerprint density at radius 3 is 1.06 bits per heavy atom. The quantitative estimate of drug-likeness (QED) is 0.0337. The third-order valence-electron chi connectivity index (χ3n) is 8.99. The molecule has 2 rings (SSSR count). The second kappa shape index (κ2) is 26.7. The molecule has 0 radical (unpaired) electrons. The average Bonchev–Trinajstić information content (AvgIpc) is 3.24. The van der Waals surface area contributed by atoms with Gasteiger partial charge in [0.2, 0.25) is 12.8 Å². The lowest BCUT2D eigenvalue weighted by Gasteiger charge is -2.31. The zero-order chi connectivity index (χ0) is 47.2. The Labute approximate surface area is 409 Å². The van der Waals surface area contributed by atoms with Crippen LogP contribution in [0.1, 0.15) is 52.6 Å². The maximum Gasteiger partial charge on any atom is 0.253 e. The van der Waals surface area contributed by atoms with Crippen LogP contribution in [0.3, 0.4) is 0 Å². The summed E-state index contributed by atoms with van der Waals surface area (Å²) in [6.07, 6.45) is -8.61. The van der Waals surface area contributed by atoms with Gasteiger partial charge in [0.25, 0.3) is 23.6 Å². The highest BCUT2D eigenvalue weighted by Crippen LogP contribution is 2.38. The summed E-state index contributed by atoms with van der Waals surface area (Å²) in [4.78, 5) is 81.4. The van der Waals surface area contributed by atoms with Crippen molar-refractivity contribution in [1.82, 2.24) is 21.3 Å². The number of hydrogen-bond donors (Lipinski definition) is 14. The van der Waals surface area contributed by atoms with Gasteiger partial charge in [0.05, 0.1) is 120 Å². The molecule has 0 aliphatic heterocycles. The number of aliphatic hydroxyl groups excluding tert-OH is 10. The molecule has 0 fully saturated rings. The van der Waals surface area contributed by atoms with E-state index in [-0.39, 0.29) is 71.9 Å². The van der Waals surface area contributed by atoms with Crippen LogP contribution < -0.4 is 31.1 Å². The molecule has 0 aromatic heterocycles. The monoisotopic (exact) mass is 1330 g/mol. The fourth-order valence-electron chi connectivity index (χ4n) is 5.65. The minimum Gasteiger partial charge on any atom is -0.394 e. The molecule has 26 heteroatoms. The van der Waals surface area contributed by atoms with Crippen molar-refractivity contribution in [3.8, 4) is 0 Å². The largest absolute Gasteiger partial charge is 0.394 e. The number of amides is 6. The summed E-state index contributed by atoms with van der Waals surface area (Å²) in [5.74, 6) is -3.31. The number of nitrogens with one attached hydrogen (secondary N) is 4. The van der Waals surface area contributed by atoms with Gasteiger partial charge in [0.15, 0.2) is 0 Å². The summed E-state index contributed by atoms with van der Waals surface area (Å²) < 4.78 is 0.309. The molecule has 346 valence electrons. The lowest BCUT2D eigenvalue weighted by molar-refractivity contribution is -0.109. The van der Waals surface area contributed by atoms with E-state index >= 15 is 0 Å². The van der Waals surface area contributed by atoms with Gasteiger partial charge in [-0.2, -0.15) is 0 Å². The van der Waals surface area contributed by atoms with Crippen LogP contribution in [0.25, 0.3) is 0 Å². The van der Waals surface area contributed by atoms with Crippen molar-refractivity contribution in [1.29, 1.82) is 0 Å². The van der Waals surface area contributed by atoms with Gasteiger partial charge < -0.3 is 82.1 Å². The van der Waals surface area contributed by atoms with Crippen molar-refractivity contribution in [2.24, 2.45) is 0 Å². The van der Waals surface area contributed by atoms with E-state index in [1.807, 2.05) is 0 Å². The lowest BCUT2D eigenvalue weighted by atomic mass is 9.98. The Balaban J connectivity index is 2.69. The first-order valence-electron chi connectivity index (χ1n) is 18.3. The maximum absolute atomic E-state index is 13.5. The molecule has 2 aromatic carbocycles. The number of hydrogen-bond acceptors (Lipinski definition) is 16. The second-order valence-corrected chi connectivity index (χ2v) is 17.9. The van der Waals surface area contributed by atoms with Crippen molar-refractivity contribution in [3.63, 3.8) is 0 Å². The van der Waals surface area contributed by atoms with Gasteiger partial charge in [0, 0.05) is 29.7 Å². The van der Waals surface area contributed by atoms with E-state index in [1.54, 1.807) is 90.4 Å². The van der Waals surface area contributed by atoms with Crippen LogP contribution in [0.5, 0.6) is 0 Å². The molecule has 6 unspecified atom stereocenters. The molecule has 0 bridgehead atoms. The highest BCUT2D eigenvalue weighted by Gasteiger charge is 2.34. The summed E-state index contributed by atoms with van der Waals surface area (Å²) >= 11 is 6.93. The highest BCUT2D eigenvalue weighted by atomic mass is 127. The van der Waals surface area contributed by atoms with Gasteiger partial charge in [-0.3, -0.25) is 28.8 Å². The van der Waals surface area contributed by atoms with Gasteiger partial charge in [-0.05, 0) is 115 Å². The van der Waals surface area contributed by atoms with E-state index in [9.17, 15) is 79.8 Å². The van der Waals surface area contributed by atoms with Gasteiger partial charge in [-0.1, -0.05) is 0 Å². The maximum atomic E-state index is 13.5. The molecule has 0 aliphatic carbocycles. The highest BCUT2D eigenvalue weighted by molar-refractivity contribution is 14.1. The smallest absolute Gasteiger partial charge is 0.253 e. The fraction of sp³-hybridized carbons (Fsp3) is 0.500. The first-order valence-corrected chi connectivity index (χ1v) is 22.6. The Kier molecular flexibility index (Phi) is 24.0. The van der Waals surface area contributed by atoms with Crippen molar-refractivity contribution in [2.45, 2.75) is 50.5 Å². The number of anilines is 2. The third kappa shape index (κ3) is 14.4. The van der Waals surface area contributed by atoms with Crippen LogP contribution in [-0.4, -0.2) is 190 Å². The van der Waals surface area contributed by atoms with Gasteiger partial charge in [0.1, 0.15) is 0 Å². The Morgan fingerprint density at radius 2 is 0.758 bits per heavy atom. The molecule has 0 saturated heterocycles. The molecular formula is C36H48I4N6O16. The molecule has 0 spiro atoms. The van der Waals surface area contributed by atoms with Crippen LogP contribution in [0.2, 0.25) is 0 Å². The SMILES string of the molecule is Cc1c(C(=O)NCC(O)CO)c(I)c(N(C=O)CC(O)C(O)CN(C=O)c2c(C)c(C(=O)NCC(O)CO)c(I)c(C(=O)NCC(O)CO)c2I)c(I)c1C(=O)NCC(O)CO. The minimum atomic E-state index is -1.88. The summed E-state index contributed by atoms with van der Waals surface area (Å²) in [6.45, 7) is -2.91. The van der Waals surface area contributed by atoms with Crippen molar-refractivity contribution in [3.05, 3.63) is 47.7 Å². The summed E-state index contributed by atoms with van der Waals surface area (Å²) in [6, 6.07) is 0. The predicted octanol–water partition coefficient (Wildman–Crippen LogP) is -3.60. The normalized spacial score (nSPS) is 14.1. The molecule has 6 atom stereocenters. The van der Waals surface area contributed by atoms with Crippen molar-refractivity contribution >= 4 is 138 Å². The van der Waals surface area contributed by atoms with Crippen LogP contribution in [0.4, 0.5) is 11.4 Å². The lowest BCUT2D eigenvalue weighted by Crippen LogP contribution is -2.46. The number of carbonyl (C=O) groups is 6. The van der Waals surface area contributed by atoms with E-state index in [4.69, 9.17) is 0 Å². The van der Waals surface area contributed by atoms with E-state index in [0.717, 1.165) is 9.80 Å². The van der Waals surface area contributed by atoms with Crippen molar-refractivity contribution in [2.75, 3.05) is 75.5 Å². The number of nitrogens with zero attached hydrogens (tertiary/aromatic N) is 2. The third-order valence-corrected chi connectivity index (χ3v) is 13.2. The van der Waals surface area contributed by atoms with Gasteiger partial charge >= 0.3 is 0 Å². The number of benzene rings is 2. The van der Waals surface area contributed by atoms with Gasteiger partial charge in [-0.15, -0.1) is 0 Å². The van der Waals surface area contributed by atoms with Gasteiger partial charge in [-0.25, -0.2) is 0 Å². The number of halogens is 4. The number of rotatable bonds is 25. The van der Waals surface area contributed by atoms with Crippen LogP contribution in [0.15, 0.2) is 0 Å². The topological polar surface area (TPSA) is 359 Å². The molecular weight excluding hydrogens is 1280 g/mol. The van der Waals surface area contributed by atoms with E-state index in [1.165, 1.54) is 13.8 Å². The van der Waals surface area contributed by atoms with E-state index in [0.29, 0.717) is 0 Å². The minimum absolute atomic E-state index is 0.0749. The molecule has 22 nitrogen and oxygen atoms in total. The summed E-state index contributed by atoms with van der Waals surface area (Å²) in [7, 11) is 0. The predicted molar refractivity (Wildman–Crippen MR) is 254 cm³/mol. The summed E-state index contributed by atoms with van der Waals surface area (Å²) in [5.41, 5.74) is -0.554. The standard InChI is InChI=1S/C36H48I4N6O16/c1-15-23(33(59)41-3-17(53)9-47)28(38)32(29(39)24(15)34(60)42-4-18(54)10-48)46(14-52)8-22(58)21(57)7-45(13-51)31-16(2)25(35(61)43-5-19(55)11-49)27(37)26(30(31)40)36(62)44-6-20(56)12-50/h13-14,17-22,47-50,53-58H,3-12H2,1-2H3,(H,41,59)(H,42,60)(H,43,61)(H,44,62). The second-order valence-electron chi connectivity index (χ2n) is 13.5. The van der Waals surface area contributed by atoms with Crippen LogP contribution in [-0.2, 0) is 9.59 Å². The number of aliphatic hydroxyl groups is 10. The fourth-order valence-corrected chi connectivity index (χ4v) is 11.5. The van der Waals surface area contributed by atoms with Crippen LogP contribution >= 0.6 is 90.4 Å². The molecule has 14 N–H and O–H groups in total. The molecule has 0 saturated carbocycles. The molecule has 62 heavy (non-hydrogen) atoms. The summed E-state index contributed by atoms with van der Waals surface area (Å²) in [5, 5.41) is 109. The first-order chi connectivity index (χ1) is 29.2. The Morgan fingerprint density at radius 1 is 0.484 bits per heavy atom. The van der Waals surface area contributed by atoms with Crippen molar-refractivity contribution < 1.29 is 79.8 Å². The average molecular weight is 1330 g/mol. The molecule has 0 aliphatic rings. The van der Waals surface area contributed by atoms with E-state index in [2.05, 4.69) is 21.3 Å².